The maximum absolute atomic E-state index is 13.5. The second kappa shape index (κ2) is 5.33. The molecule has 0 saturated carbocycles. The van der Waals surface area contributed by atoms with Crippen molar-refractivity contribution >= 4 is 0 Å². The zero-order valence-electron chi connectivity index (χ0n) is 10.8. The first-order valence-corrected chi connectivity index (χ1v) is 6.24. The van der Waals surface area contributed by atoms with Gasteiger partial charge in [0.1, 0.15) is 11.6 Å². The smallest absolute Gasteiger partial charge is 0.129 e. The summed E-state index contributed by atoms with van der Waals surface area (Å²) in [5.41, 5.74) is 0.328. The van der Waals surface area contributed by atoms with Crippen LogP contribution in [0.15, 0.2) is 18.2 Å². The van der Waals surface area contributed by atoms with Crippen LogP contribution in [-0.2, 0) is 11.2 Å². The highest BCUT2D eigenvalue weighted by Crippen LogP contribution is 2.25. The topological polar surface area (TPSA) is 21.3 Å². The summed E-state index contributed by atoms with van der Waals surface area (Å²) in [5.74, 6) is -0.941. The lowest BCUT2D eigenvalue weighted by Gasteiger charge is -2.39. The largest absolute Gasteiger partial charge is 0.380 e. The van der Waals surface area contributed by atoms with Crippen LogP contribution in [0, 0.1) is 17.0 Å². The molecule has 4 heteroatoms. The van der Waals surface area contributed by atoms with E-state index in [1.165, 1.54) is 18.2 Å². The molecule has 1 aliphatic heterocycles. The van der Waals surface area contributed by atoms with Gasteiger partial charge >= 0.3 is 0 Å². The minimum Gasteiger partial charge on any atom is -0.380 e. The molecule has 0 bridgehead atoms. The van der Waals surface area contributed by atoms with Crippen molar-refractivity contribution in [3.63, 3.8) is 0 Å². The van der Waals surface area contributed by atoms with Gasteiger partial charge in [-0.3, -0.25) is 0 Å². The Morgan fingerprint density at radius 1 is 1.33 bits per heavy atom. The molecule has 0 spiro atoms. The fourth-order valence-corrected chi connectivity index (χ4v) is 2.08. The highest BCUT2D eigenvalue weighted by Gasteiger charge is 2.33. The Morgan fingerprint density at radius 3 is 2.44 bits per heavy atom. The summed E-state index contributed by atoms with van der Waals surface area (Å²) >= 11 is 0. The molecule has 1 saturated heterocycles. The Labute approximate surface area is 106 Å². The lowest BCUT2D eigenvalue weighted by atomic mass is 9.88. The molecule has 2 nitrogen and oxygen atoms in total. The molecule has 0 radical (unpaired) electrons. The van der Waals surface area contributed by atoms with Crippen LogP contribution < -0.4 is 5.32 Å². The number of hydrogen-bond acceptors (Lipinski definition) is 2. The molecule has 1 aliphatic rings. The summed E-state index contributed by atoms with van der Waals surface area (Å²) < 4.78 is 32.1. The number of halogens is 2. The molecule has 0 aliphatic carbocycles. The molecule has 0 amide bonds. The fourth-order valence-electron chi connectivity index (χ4n) is 2.08. The quantitative estimate of drug-likeness (QED) is 0.873. The van der Waals surface area contributed by atoms with Gasteiger partial charge in [-0.25, -0.2) is 8.78 Å². The van der Waals surface area contributed by atoms with Crippen LogP contribution in [-0.4, -0.2) is 25.8 Å². The van der Waals surface area contributed by atoms with Gasteiger partial charge in [0.15, 0.2) is 0 Å². The number of benzene rings is 1. The van der Waals surface area contributed by atoms with E-state index in [1.54, 1.807) is 0 Å². The van der Waals surface area contributed by atoms with Crippen LogP contribution in [0.5, 0.6) is 0 Å². The first-order valence-electron chi connectivity index (χ1n) is 6.24. The predicted octanol–water partition coefficient (Wildman–Crippen LogP) is 2.52. The van der Waals surface area contributed by atoms with Crippen molar-refractivity contribution < 1.29 is 13.5 Å². The monoisotopic (exact) mass is 255 g/mol. The molecule has 1 fully saturated rings. The van der Waals surface area contributed by atoms with E-state index in [0.29, 0.717) is 6.42 Å². The summed E-state index contributed by atoms with van der Waals surface area (Å²) in [4.78, 5) is 0. The number of nitrogens with one attached hydrogen (secondary N) is 1. The van der Waals surface area contributed by atoms with Crippen LogP contribution in [0.3, 0.4) is 0 Å². The number of rotatable bonds is 5. The van der Waals surface area contributed by atoms with Gasteiger partial charge in [-0.1, -0.05) is 13.0 Å². The van der Waals surface area contributed by atoms with Gasteiger partial charge in [0.05, 0.1) is 13.2 Å². The van der Waals surface area contributed by atoms with Gasteiger partial charge in [-0.2, -0.15) is 0 Å². The summed E-state index contributed by atoms with van der Waals surface area (Å²) in [6, 6.07) is 4.02. The normalized spacial score (nSPS) is 19.3. The number of hydrogen-bond donors (Lipinski definition) is 1. The molecule has 1 unspecified atom stereocenters. The lowest BCUT2D eigenvalue weighted by Crippen LogP contribution is -2.49. The van der Waals surface area contributed by atoms with E-state index >= 15 is 0 Å². The summed E-state index contributed by atoms with van der Waals surface area (Å²) in [6.07, 6.45) is 0.357. The molecule has 1 N–H and O–H groups in total. The second-order valence-electron chi connectivity index (χ2n) is 5.49. The Balaban J connectivity index is 1.88. The van der Waals surface area contributed by atoms with Crippen molar-refractivity contribution in [2.45, 2.75) is 26.3 Å². The van der Waals surface area contributed by atoms with E-state index in [2.05, 4.69) is 12.2 Å². The molecule has 1 aromatic rings. The highest BCUT2D eigenvalue weighted by atomic mass is 19.1. The third kappa shape index (κ3) is 3.06. The van der Waals surface area contributed by atoms with Gasteiger partial charge in [0, 0.05) is 23.6 Å². The summed E-state index contributed by atoms with van der Waals surface area (Å²) in [5, 5.41) is 3.31. The molecule has 1 heterocycles. The van der Waals surface area contributed by atoms with Crippen LogP contribution in [0.25, 0.3) is 0 Å². The van der Waals surface area contributed by atoms with Crippen molar-refractivity contribution in [1.82, 2.24) is 5.32 Å². The molecular weight excluding hydrogens is 236 g/mol. The summed E-state index contributed by atoms with van der Waals surface area (Å²) in [6.45, 7) is 6.39. The standard InChI is InChI=1S/C14H19F2NO/c1-10(17-7-14(2)8-18-9-14)6-11-12(15)4-3-5-13(11)16/h3-5,10,17H,6-9H2,1-2H3. The minimum atomic E-state index is -0.471. The zero-order valence-corrected chi connectivity index (χ0v) is 10.8. The molecule has 1 atom stereocenters. The molecule has 0 aromatic heterocycles. The van der Waals surface area contributed by atoms with Crippen LogP contribution in [0.2, 0.25) is 0 Å². The summed E-state index contributed by atoms with van der Waals surface area (Å²) in [7, 11) is 0. The Hall–Kier alpha value is -1.00. The van der Waals surface area contributed by atoms with Gasteiger partial charge < -0.3 is 10.1 Å². The van der Waals surface area contributed by atoms with Crippen LogP contribution in [0.4, 0.5) is 8.78 Å². The maximum Gasteiger partial charge on any atom is 0.129 e. The molecule has 2 rings (SSSR count). The van der Waals surface area contributed by atoms with E-state index in [9.17, 15) is 8.78 Å². The maximum atomic E-state index is 13.5. The SMILES string of the molecule is CC(Cc1c(F)cccc1F)NCC1(C)COC1. The van der Waals surface area contributed by atoms with Gasteiger partial charge in [-0.15, -0.1) is 0 Å². The Bertz CT molecular complexity index is 398. The molecule has 18 heavy (non-hydrogen) atoms. The van der Waals surface area contributed by atoms with Gasteiger partial charge in [-0.05, 0) is 25.5 Å². The van der Waals surface area contributed by atoms with E-state index < -0.39 is 11.6 Å². The molecule has 1 aromatic carbocycles. The third-order valence-electron chi connectivity index (χ3n) is 3.35. The average Bonchev–Trinajstić information content (AvgIpc) is 2.29. The molecular formula is C14H19F2NO. The van der Waals surface area contributed by atoms with E-state index in [4.69, 9.17) is 4.74 Å². The van der Waals surface area contributed by atoms with E-state index in [1.807, 2.05) is 6.92 Å². The predicted molar refractivity (Wildman–Crippen MR) is 66.5 cm³/mol. The van der Waals surface area contributed by atoms with Gasteiger partial charge in [0.25, 0.3) is 0 Å². The first-order chi connectivity index (χ1) is 8.50. The Kier molecular flexibility index (Phi) is 3.97. The zero-order chi connectivity index (χ0) is 13.2. The second-order valence-corrected chi connectivity index (χ2v) is 5.49. The van der Waals surface area contributed by atoms with Crippen molar-refractivity contribution in [3.05, 3.63) is 35.4 Å². The van der Waals surface area contributed by atoms with E-state index in [0.717, 1.165) is 19.8 Å². The molecule has 100 valence electrons. The highest BCUT2D eigenvalue weighted by molar-refractivity contribution is 5.20. The fraction of sp³-hybridized carbons (Fsp3) is 0.571. The average molecular weight is 255 g/mol. The Morgan fingerprint density at radius 2 is 1.94 bits per heavy atom. The van der Waals surface area contributed by atoms with Crippen LogP contribution >= 0.6 is 0 Å². The van der Waals surface area contributed by atoms with Crippen molar-refractivity contribution in [2.75, 3.05) is 19.8 Å². The van der Waals surface area contributed by atoms with E-state index in [-0.39, 0.29) is 17.0 Å². The van der Waals surface area contributed by atoms with Crippen molar-refractivity contribution in [2.24, 2.45) is 5.41 Å². The minimum absolute atomic E-state index is 0.0359. The van der Waals surface area contributed by atoms with Crippen molar-refractivity contribution in [1.29, 1.82) is 0 Å². The van der Waals surface area contributed by atoms with Crippen LogP contribution in [0.1, 0.15) is 19.4 Å². The first kappa shape index (κ1) is 13.4. The van der Waals surface area contributed by atoms with Crippen molar-refractivity contribution in [3.8, 4) is 0 Å². The lowest BCUT2D eigenvalue weighted by molar-refractivity contribution is -0.0998. The third-order valence-corrected chi connectivity index (χ3v) is 3.35. The van der Waals surface area contributed by atoms with Gasteiger partial charge in [0.2, 0.25) is 0 Å². The number of ether oxygens (including phenoxy) is 1.